The van der Waals surface area contributed by atoms with Crippen molar-refractivity contribution in [3.63, 3.8) is 0 Å². The predicted molar refractivity (Wildman–Crippen MR) is 69.8 cm³/mol. The Labute approximate surface area is 117 Å². The average Bonchev–Trinajstić information content (AvgIpc) is 2.43. The summed E-state index contributed by atoms with van der Waals surface area (Å²) in [6, 6.07) is 3.87. The van der Waals surface area contributed by atoms with E-state index in [1.807, 2.05) is 5.32 Å². The van der Waals surface area contributed by atoms with Crippen LogP contribution in [-0.4, -0.2) is 5.91 Å². The van der Waals surface area contributed by atoms with Gasteiger partial charge in [-0.2, -0.15) is 0 Å². The smallest absolute Gasteiger partial charge is 0.258 e. The standard InChI is InChI=1S/C14H10F4N2O/c1-6-4-7(19)5-8(11(6)16)14(21)20-10-3-2-9(15)12(17)13(10)18/h2-5H,19H2,1H3,(H,20,21). The third kappa shape index (κ3) is 2.81. The number of nitrogens with one attached hydrogen (secondary N) is 1. The second-order valence-electron chi connectivity index (χ2n) is 4.38. The van der Waals surface area contributed by atoms with Gasteiger partial charge in [-0.3, -0.25) is 4.79 Å². The highest BCUT2D eigenvalue weighted by Gasteiger charge is 2.19. The fourth-order valence-electron chi connectivity index (χ4n) is 1.77. The van der Waals surface area contributed by atoms with Crippen LogP contribution in [0.5, 0.6) is 0 Å². The SMILES string of the molecule is Cc1cc(N)cc(C(=O)Nc2ccc(F)c(F)c2F)c1F. The van der Waals surface area contributed by atoms with E-state index in [0.717, 1.165) is 12.1 Å². The molecule has 2 rings (SSSR count). The second kappa shape index (κ2) is 5.43. The maximum absolute atomic E-state index is 13.8. The van der Waals surface area contributed by atoms with Gasteiger partial charge in [0.1, 0.15) is 5.82 Å². The van der Waals surface area contributed by atoms with Crippen LogP contribution in [0.1, 0.15) is 15.9 Å². The molecule has 2 aromatic carbocycles. The average molecular weight is 298 g/mol. The molecule has 0 saturated heterocycles. The number of carbonyl (C=O) groups is 1. The molecule has 0 bridgehead atoms. The zero-order valence-electron chi connectivity index (χ0n) is 10.8. The molecule has 3 N–H and O–H groups in total. The molecule has 0 aromatic heterocycles. The third-order valence-corrected chi connectivity index (χ3v) is 2.80. The van der Waals surface area contributed by atoms with Crippen LogP contribution in [0, 0.1) is 30.2 Å². The van der Waals surface area contributed by atoms with Gasteiger partial charge in [-0.1, -0.05) is 0 Å². The van der Waals surface area contributed by atoms with Gasteiger partial charge < -0.3 is 11.1 Å². The number of rotatable bonds is 2. The molecule has 21 heavy (non-hydrogen) atoms. The molecule has 0 saturated carbocycles. The molecule has 0 heterocycles. The number of amides is 1. The highest BCUT2D eigenvalue weighted by molar-refractivity contribution is 6.05. The first-order valence-corrected chi connectivity index (χ1v) is 5.81. The van der Waals surface area contributed by atoms with Crippen LogP contribution in [0.15, 0.2) is 24.3 Å². The summed E-state index contributed by atoms with van der Waals surface area (Å²) >= 11 is 0. The molecule has 0 fully saturated rings. The van der Waals surface area contributed by atoms with E-state index >= 15 is 0 Å². The van der Waals surface area contributed by atoms with E-state index in [1.165, 1.54) is 13.0 Å². The van der Waals surface area contributed by atoms with Crippen LogP contribution in [-0.2, 0) is 0 Å². The summed E-state index contributed by atoms with van der Waals surface area (Å²) in [6.07, 6.45) is 0. The van der Waals surface area contributed by atoms with Gasteiger partial charge in [-0.05, 0) is 36.8 Å². The first-order chi connectivity index (χ1) is 9.81. The van der Waals surface area contributed by atoms with Crippen LogP contribution >= 0.6 is 0 Å². The first kappa shape index (κ1) is 14.8. The number of hydrogen-bond donors (Lipinski definition) is 2. The second-order valence-corrected chi connectivity index (χ2v) is 4.38. The summed E-state index contributed by atoms with van der Waals surface area (Å²) in [5, 5.41) is 1.97. The summed E-state index contributed by atoms with van der Waals surface area (Å²) in [5.41, 5.74) is 4.76. The maximum atomic E-state index is 13.8. The topological polar surface area (TPSA) is 55.1 Å². The van der Waals surface area contributed by atoms with Gasteiger partial charge in [-0.15, -0.1) is 0 Å². The lowest BCUT2D eigenvalue weighted by Gasteiger charge is -2.10. The zero-order chi connectivity index (χ0) is 15.7. The molecule has 2 aromatic rings. The van der Waals surface area contributed by atoms with E-state index in [-0.39, 0.29) is 11.3 Å². The molecule has 0 radical (unpaired) electrons. The fourth-order valence-corrected chi connectivity index (χ4v) is 1.77. The van der Waals surface area contributed by atoms with E-state index in [0.29, 0.717) is 6.07 Å². The molecular formula is C14H10F4N2O. The number of nitrogens with two attached hydrogens (primary N) is 1. The van der Waals surface area contributed by atoms with Crippen LogP contribution < -0.4 is 11.1 Å². The quantitative estimate of drug-likeness (QED) is 0.507. The summed E-state index contributed by atoms with van der Waals surface area (Å²) in [4.78, 5) is 11.9. The number of anilines is 2. The molecule has 0 unspecified atom stereocenters. The van der Waals surface area contributed by atoms with E-state index < -0.39 is 40.4 Å². The van der Waals surface area contributed by atoms with Gasteiger partial charge in [0.25, 0.3) is 5.91 Å². The summed E-state index contributed by atoms with van der Waals surface area (Å²) in [7, 11) is 0. The number of aryl methyl sites for hydroxylation is 1. The number of nitrogen functional groups attached to an aromatic ring is 1. The Morgan fingerprint density at radius 3 is 2.38 bits per heavy atom. The highest BCUT2D eigenvalue weighted by Crippen LogP contribution is 2.22. The Morgan fingerprint density at radius 1 is 1.05 bits per heavy atom. The first-order valence-electron chi connectivity index (χ1n) is 5.81. The van der Waals surface area contributed by atoms with E-state index in [1.54, 1.807) is 0 Å². The Hall–Kier alpha value is -2.57. The molecule has 0 aliphatic heterocycles. The van der Waals surface area contributed by atoms with Crippen LogP contribution in [0.25, 0.3) is 0 Å². The van der Waals surface area contributed by atoms with Crippen molar-refractivity contribution < 1.29 is 22.4 Å². The summed E-state index contributed by atoms with van der Waals surface area (Å²) < 4.78 is 53.1. The monoisotopic (exact) mass is 298 g/mol. The normalized spacial score (nSPS) is 10.5. The largest absolute Gasteiger partial charge is 0.399 e. The van der Waals surface area contributed by atoms with Gasteiger partial charge in [0.05, 0.1) is 11.3 Å². The van der Waals surface area contributed by atoms with Crippen molar-refractivity contribution in [2.75, 3.05) is 11.1 Å². The maximum Gasteiger partial charge on any atom is 0.258 e. The van der Waals surface area contributed by atoms with Crippen molar-refractivity contribution in [1.82, 2.24) is 0 Å². The van der Waals surface area contributed by atoms with Gasteiger partial charge in [-0.25, -0.2) is 17.6 Å². The molecular weight excluding hydrogens is 288 g/mol. The van der Waals surface area contributed by atoms with Gasteiger partial charge >= 0.3 is 0 Å². The predicted octanol–water partition coefficient (Wildman–Crippen LogP) is 3.39. The molecule has 0 spiro atoms. The van der Waals surface area contributed by atoms with Crippen molar-refractivity contribution in [3.05, 3.63) is 58.7 Å². The van der Waals surface area contributed by atoms with Gasteiger partial charge in [0.2, 0.25) is 0 Å². The molecule has 0 aliphatic rings. The number of benzene rings is 2. The molecule has 1 amide bonds. The highest BCUT2D eigenvalue weighted by atomic mass is 19.2. The molecule has 110 valence electrons. The van der Waals surface area contributed by atoms with Crippen molar-refractivity contribution in [1.29, 1.82) is 0 Å². The Morgan fingerprint density at radius 2 is 1.71 bits per heavy atom. The van der Waals surface area contributed by atoms with Gasteiger partial charge in [0, 0.05) is 5.69 Å². The molecule has 7 heteroatoms. The minimum atomic E-state index is -1.72. The van der Waals surface area contributed by atoms with Crippen LogP contribution in [0.2, 0.25) is 0 Å². The third-order valence-electron chi connectivity index (χ3n) is 2.80. The van der Waals surface area contributed by atoms with E-state index in [9.17, 15) is 22.4 Å². The summed E-state index contributed by atoms with van der Waals surface area (Å²) in [5.74, 6) is -6.53. The molecule has 0 aliphatic carbocycles. The minimum Gasteiger partial charge on any atom is -0.399 e. The molecule has 0 atom stereocenters. The van der Waals surface area contributed by atoms with Crippen molar-refractivity contribution >= 4 is 17.3 Å². The lowest BCUT2D eigenvalue weighted by molar-refractivity contribution is 0.102. The van der Waals surface area contributed by atoms with Crippen LogP contribution in [0.3, 0.4) is 0 Å². The number of carbonyl (C=O) groups excluding carboxylic acids is 1. The van der Waals surface area contributed by atoms with E-state index in [2.05, 4.69) is 0 Å². The van der Waals surface area contributed by atoms with Crippen molar-refractivity contribution in [2.24, 2.45) is 0 Å². The lowest BCUT2D eigenvalue weighted by atomic mass is 10.1. The number of halogens is 4. The molecule has 3 nitrogen and oxygen atoms in total. The Kier molecular flexibility index (Phi) is 3.84. The Balaban J connectivity index is 2.37. The fraction of sp³-hybridized carbons (Fsp3) is 0.0714. The van der Waals surface area contributed by atoms with Crippen molar-refractivity contribution in [2.45, 2.75) is 6.92 Å². The zero-order valence-corrected chi connectivity index (χ0v) is 10.8. The Bertz CT molecular complexity index is 731. The van der Waals surface area contributed by atoms with Gasteiger partial charge in [0.15, 0.2) is 17.5 Å². The van der Waals surface area contributed by atoms with Crippen molar-refractivity contribution in [3.8, 4) is 0 Å². The van der Waals surface area contributed by atoms with E-state index in [4.69, 9.17) is 5.73 Å². The minimum absolute atomic E-state index is 0.130. The van der Waals surface area contributed by atoms with Crippen LogP contribution in [0.4, 0.5) is 28.9 Å². The summed E-state index contributed by atoms with van der Waals surface area (Å²) in [6.45, 7) is 1.40. The number of hydrogen-bond acceptors (Lipinski definition) is 2. The lowest BCUT2D eigenvalue weighted by Crippen LogP contribution is -2.16.